The van der Waals surface area contributed by atoms with Crippen molar-refractivity contribution in [2.24, 2.45) is 0 Å². The molecule has 3 rings (SSSR count). The molecule has 0 bridgehead atoms. The summed E-state index contributed by atoms with van der Waals surface area (Å²) in [5.74, 6) is 0.282. The van der Waals surface area contributed by atoms with Crippen molar-refractivity contribution >= 4 is 28.6 Å². The zero-order chi connectivity index (χ0) is 19.4. The number of thioether (sulfide) groups is 1. The Balaban J connectivity index is 2.18. The van der Waals surface area contributed by atoms with Gasteiger partial charge in [-0.05, 0) is 38.1 Å². The van der Waals surface area contributed by atoms with E-state index in [1.165, 1.54) is 16.3 Å². The smallest absolute Gasteiger partial charge is 0.319 e. The number of benzene rings is 2. The van der Waals surface area contributed by atoms with Gasteiger partial charge in [-0.1, -0.05) is 30.0 Å². The van der Waals surface area contributed by atoms with Gasteiger partial charge in [-0.25, -0.2) is 4.98 Å². The van der Waals surface area contributed by atoms with E-state index in [2.05, 4.69) is 4.98 Å². The number of aromatic nitrogens is 2. The van der Waals surface area contributed by atoms with Crippen molar-refractivity contribution < 1.29 is 14.3 Å². The summed E-state index contributed by atoms with van der Waals surface area (Å²) in [6.07, 6.45) is 0. The molecule has 3 aromatic rings. The molecule has 0 saturated carbocycles. The molecule has 1 heterocycles. The number of methoxy groups -OCH3 is 1. The van der Waals surface area contributed by atoms with Crippen molar-refractivity contribution in [3.05, 3.63) is 58.9 Å². The lowest BCUT2D eigenvalue weighted by molar-refractivity contribution is -0.142. The molecular weight excluding hydrogens is 364 g/mol. The normalized spacial score (nSPS) is 12.0. The Morgan fingerprint density at radius 1 is 1.22 bits per heavy atom. The maximum atomic E-state index is 13.2. The molecule has 2 aromatic carbocycles. The fourth-order valence-electron chi connectivity index (χ4n) is 2.63. The summed E-state index contributed by atoms with van der Waals surface area (Å²) in [5, 5.41) is 0.427. The fraction of sp³-hybridized carbons (Fsp3) is 0.250. The zero-order valence-electron chi connectivity index (χ0n) is 15.3. The van der Waals surface area contributed by atoms with E-state index < -0.39 is 5.25 Å². The molecule has 0 amide bonds. The minimum atomic E-state index is -0.505. The highest BCUT2D eigenvalue weighted by Gasteiger charge is 2.21. The van der Waals surface area contributed by atoms with Gasteiger partial charge in [0.2, 0.25) is 0 Å². The quantitative estimate of drug-likeness (QED) is 0.368. The van der Waals surface area contributed by atoms with Crippen LogP contribution < -0.4 is 10.3 Å². The molecule has 0 aliphatic carbocycles. The van der Waals surface area contributed by atoms with Crippen LogP contribution in [0.4, 0.5) is 0 Å². The molecule has 0 spiro atoms. The van der Waals surface area contributed by atoms with Crippen LogP contribution in [0.3, 0.4) is 0 Å². The number of para-hydroxylation sites is 1. The Hall–Kier alpha value is -2.80. The summed E-state index contributed by atoms with van der Waals surface area (Å²) >= 11 is 1.19. The van der Waals surface area contributed by atoms with Gasteiger partial charge in [0.1, 0.15) is 11.0 Å². The molecule has 1 atom stereocenters. The average Bonchev–Trinajstić information content (AvgIpc) is 2.68. The average molecular weight is 384 g/mol. The van der Waals surface area contributed by atoms with Crippen LogP contribution in [0.25, 0.3) is 16.6 Å². The van der Waals surface area contributed by atoms with E-state index in [0.717, 1.165) is 0 Å². The minimum Gasteiger partial charge on any atom is -0.497 e. The molecule has 140 valence electrons. The summed E-state index contributed by atoms with van der Waals surface area (Å²) in [7, 11) is 1.57. The second-order valence-electron chi connectivity index (χ2n) is 5.77. The largest absolute Gasteiger partial charge is 0.497 e. The highest BCUT2D eigenvalue weighted by Crippen LogP contribution is 2.26. The number of esters is 1. The van der Waals surface area contributed by atoms with Gasteiger partial charge in [0, 0.05) is 6.07 Å². The molecule has 7 heteroatoms. The second kappa shape index (κ2) is 8.26. The molecular formula is C20H20N2O4S. The van der Waals surface area contributed by atoms with E-state index in [9.17, 15) is 9.59 Å². The number of ether oxygens (including phenoxy) is 2. The molecule has 1 unspecified atom stereocenters. The van der Waals surface area contributed by atoms with E-state index in [1.807, 2.05) is 6.07 Å². The number of fused-ring (bicyclic) bond motifs is 1. The minimum absolute atomic E-state index is 0.201. The monoisotopic (exact) mass is 384 g/mol. The van der Waals surface area contributed by atoms with E-state index in [1.54, 1.807) is 63.4 Å². The predicted octanol–water partition coefficient (Wildman–Crippen LogP) is 3.44. The van der Waals surface area contributed by atoms with Crippen molar-refractivity contribution in [2.75, 3.05) is 13.7 Å². The standard InChI is InChI=1S/C20H20N2O4S/c1-4-26-19(24)13(2)27-20-21-17-11-6-5-10-16(17)18(23)22(20)14-8-7-9-15(12-14)25-3/h5-13H,4H2,1-3H3. The van der Waals surface area contributed by atoms with Crippen LogP contribution in [-0.2, 0) is 9.53 Å². The molecule has 0 saturated heterocycles. The maximum Gasteiger partial charge on any atom is 0.319 e. The Bertz CT molecular complexity index is 1030. The predicted molar refractivity (Wildman–Crippen MR) is 106 cm³/mol. The Morgan fingerprint density at radius 2 is 2.00 bits per heavy atom. The SMILES string of the molecule is CCOC(=O)C(C)Sc1nc2ccccc2c(=O)n1-c1cccc(OC)c1. The van der Waals surface area contributed by atoms with Crippen molar-refractivity contribution in [2.45, 2.75) is 24.3 Å². The highest BCUT2D eigenvalue weighted by atomic mass is 32.2. The number of nitrogens with zero attached hydrogens (tertiary/aromatic N) is 2. The van der Waals surface area contributed by atoms with Crippen LogP contribution in [0, 0.1) is 0 Å². The van der Waals surface area contributed by atoms with Gasteiger partial charge in [0.25, 0.3) is 5.56 Å². The van der Waals surface area contributed by atoms with E-state index in [4.69, 9.17) is 9.47 Å². The van der Waals surface area contributed by atoms with Crippen molar-refractivity contribution in [3.8, 4) is 11.4 Å². The van der Waals surface area contributed by atoms with Gasteiger partial charge in [-0.2, -0.15) is 0 Å². The van der Waals surface area contributed by atoms with Crippen LogP contribution in [-0.4, -0.2) is 34.5 Å². The lowest BCUT2D eigenvalue weighted by Gasteiger charge is -2.16. The first kappa shape index (κ1) is 19.0. The molecule has 0 fully saturated rings. The lowest BCUT2D eigenvalue weighted by Crippen LogP contribution is -2.24. The maximum absolute atomic E-state index is 13.2. The Labute approximate surface area is 161 Å². The van der Waals surface area contributed by atoms with Crippen LogP contribution in [0.5, 0.6) is 5.75 Å². The molecule has 27 heavy (non-hydrogen) atoms. The molecule has 0 aliphatic rings. The van der Waals surface area contributed by atoms with Gasteiger partial charge >= 0.3 is 5.97 Å². The van der Waals surface area contributed by atoms with Crippen molar-refractivity contribution in [3.63, 3.8) is 0 Å². The highest BCUT2D eigenvalue weighted by molar-refractivity contribution is 8.00. The molecule has 0 aliphatic heterocycles. The van der Waals surface area contributed by atoms with E-state index in [-0.39, 0.29) is 11.5 Å². The molecule has 6 nitrogen and oxygen atoms in total. The number of carbonyl (C=O) groups excluding carboxylic acids is 1. The van der Waals surface area contributed by atoms with Gasteiger partial charge in [0.15, 0.2) is 5.16 Å². The molecule has 0 radical (unpaired) electrons. The first-order valence-electron chi connectivity index (χ1n) is 8.54. The second-order valence-corrected chi connectivity index (χ2v) is 7.07. The third kappa shape index (κ3) is 3.98. The van der Waals surface area contributed by atoms with Crippen LogP contribution in [0.2, 0.25) is 0 Å². The van der Waals surface area contributed by atoms with E-state index >= 15 is 0 Å². The molecule has 0 N–H and O–H groups in total. The third-order valence-electron chi connectivity index (χ3n) is 3.96. The molecule has 1 aromatic heterocycles. The zero-order valence-corrected chi connectivity index (χ0v) is 16.2. The number of rotatable bonds is 6. The van der Waals surface area contributed by atoms with Gasteiger partial charge in [0.05, 0.1) is 30.3 Å². The van der Waals surface area contributed by atoms with Crippen LogP contribution in [0.1, 0.15) is 13.8 Å². The summed E-state index contributed by atoms with van der Waals surface area (Å²) in [5.41, 5.74) is 1.00. The van der Waals surface area contributed by atoms with Gasteiger partial charge < -0.3 is 9.47 Å². The number of carbonyl (C=O) groups is 1. The van der Waals surface area contributed by atoms with Crippen molar-refractivity contribution in [1.82, 2.24) is 9.55 Å². The summed E-state index contributed by atoms with van der Waals surface area (Å²) < 4.78 is 11.9. The summed E-state index contributed by atoms with van der Waals surface area (Å²) in [6.45, 7) is 3.80. The first-order valence-corrected chi connectivity index (χ1v) is 9.42. The number of hydrogen-bond donors (Lipinski definition) is 0. The number of hydrogen-bond acceptors (Lipinski definition) is 6. The van der Waals surface area contributed by atoms with Gasteiger partial charge in [-0.3, -0.25) is 14.2 Å². The Morgan fingerprint density at radius 3 is 2.74 bits per heavy atom. The first-order chi connectivity index (χ1) is 13.0. The third-order valence-corrected chi connectivity index (χ3v) is 4.99. The fourth-order valence-corrected chi connectivity index (χ4v) is 3.56. The van der Waals surface area contributed by atoms with Crippen molar-refractivity contribution in [1.29, 1.82) is 0 Å². The lowest BCUT2D eigenvalue weighted by atomic mass is 10.2. The van der Waals surface area contributed by atoms with Crippen LogP contribution >= 0.6 is 11.8 Å². The van der Waals surface area contributed by atoms with E-state index in [0.29, 0.717) is 34.1 Å². The Kier molecular flexibility index (Phi) is 5.81. The van der Waals surface area contributed by atoms with Crippen LogP contribution in [0.15, 0.2) is 58.5 Å². The summed E-state index contributed by atoms with van der Waals surface area (Å²) in [6, 6.07) is 14.3. The summed E-state index contributed by atoms with van der Waals surface area (Å²) in [4.78, 5) is 29.9. The van der Waals surface area contributed by atoms with Gasteiger partial charge in [-0.15, -0.1) is 0 Å². The topological polar surface area (TPSA) is 70.4 Å².